The van der Waals surface area contributed by atoms with Crippen molar-refractivity contribution >= 4 is 12.2 Å². The molecule has 0 aromatic heterocycles. The van der Waals surface area contributed by atoms with Gasteiger partial charge in [0.05, 0.1) is 57.5 Å². The van der Waals surface area contributed by atoms with E-state index in [4.69, 9.17) is 37.9 Å². The molecule has 0 radical (unpaired) electrons. The Balaban J connectivity index is 0.737. The number of methoxy groups -OCH3 is 1. The molecule has 6 fully saturated rings. The summed E-state index contributed by atoms with van der Waals surface area (Å²) in [5.74, 6) is 3.59. The second kappa shape index (κ2) is 29.5. The lowest BCUT2D eigenvalue weighted by Crippen LogP contribution is -2.60. The van der Waals surface area contributed by atoms with E-state index in [1.807, 2.05) is 6.92 Å². The highest BCUT2D eigenvalue weighted by atomic mass is 16.6. The highest BCUT2D eigenvalue weighted by Crippen LogP contribution is 2.67. The molecular weight excluding hydrogens is 1020 g/mol. The van der Waals surface area contributed by atoms with E-state index in [0.717, 1.165) is 80.5 Å². The van der Waals surface area contributed by atoms with Gasteiger partial charge in [-0.05, 0) is 117 Å². The molecule has 2 amide bonds. The van der Waals surface area contributed by atoms with Crippen molar-refractivity contribution in [2.24, 2.45) is 58.2 Å². The second-order valence-electron chi connectivity index (χ2n) is 25.9. The van der Waals surface area contributed by atoms with Crippen LogP contribution in [0, 0.1) is 58.2 Å². The summed E-state index contributed by atoms with van der Waals surface area (Å²) in [6.07, 6.45) is 4.26. The maximum Gasteiger partial charge on any atom is 0.407 e. The number of alkyl carbamates (subject to hydrolysis) is 2. The largest absolute Gasteiger partial charge is 0.447 e. The Bertz CT molecular complexity index is 1920. The van der Waals surface area contributed by atoms with E-state index < -0.39 is 97.3 Å². The minimum absolute atomic E-state index is 0.0122. The normalized spacial score (nSPS) is 41.6. The molecule has 7 rings (SSSR count). The Labute approximate surface area is 470 Å². The average molecular weight is 1130 g/mol. The molecule has 4 aliphatic carbocycles. The van der Waals surface area contributed by atoms with Gasteiger partial charge in [-0.1, -0.05) is 85.3 Å². The first-order valence-electron chi connectivity index (χ1n) is 30.6. The number of unbranched alkanes of at least 4 members (excludes halogenated alkanes) is 3. The summed E-state index contributed by atoms with van der Waals surface area (Å²) in [6, 6.07) is 0. The van der Waals surface area contributed by atoms with Crippen LogP contribution in [0.1, 0.15) is 151 Å². The topological polar surface area (TPSA) is 274 Å². The Hall–Kier alpha value is -2.24. The van der Waals surface area contributed by atoms with E-state index in [2.05, 4.69) is 51.3 Å². The highest BCUT2D eigenvalue weighted by molar-refractivity contribution is 5.67. The fourth-order valence-corrected chi connectivity index (χ4v) is 15.7. The predicted molar refractivity (Wildman–Crippen MR) is 294 cm³/mol. The summed E-state index contributed by atoms with van der Waals surface area (Å²) in [6.45, 7) is 16.1. The molecular formula is C60H104N2O17. The molecule has 19 nitrogen and oxygen atoms in total. The molecule has 3 saturated heterocycles. The Morgan fingerprint density at radius 1 is 0.646 bits per heavy atom. The zero-order valence-corrected chi connectivity index (χ0v) is 49.0. The quantitative estimate of drug-likeness (QED) is 0.0378. The van der Waals surface area contributed by atoms with E-state index in [1.165, 1.54) is 64.0 Å². The number of carbonyl (C=O) groups excluding carboxylic acids is 2. The fourth-order valence-electron chi connectivity index (χ4n) is 15.7. The van der Waals surface area contributed by atoms with Gasteiger partial charge in [-0.15, -0.1) is 0 Å². The Morgan fingerprint density at radius 2 is 1.24 bits per heavy atom. The highest BCUT2D eigenvalue weighted by Gasteiger charge is 2.59. The summed E-state index contributed by atoms with van der Waals surface area (Å²) in [4.78, 5) is 25.7. The molecule has 0 aromatic rings. The number of nitrogens with one attached hydrogen (secondary N) is 2. The van der Waals surface area contributed by atoms with E-state index in [1.54, 1.807) is 6.92 Å². The van der Waals surface area contributed by atoms with Gasteiger partial charge in [-0.2, -0.15) is 0 Å². The first kappa shape index (κ1) is 64.3. The van der Waals surface area contributed by atoms with Crippen molar-refractivity contribution in [3.63, 3.8) is 0 Å². The summed E-state index contributed by atoms with van der Waals surface area (Å²) in [7, 11) is 1.42. The van der Waals surface area contributed by atoms with Gasteiger partial charge < -0.3 is 84.3 Å². The summed E-state index contributed by atoms with van der Waals surface area (Å²) in [5.41, 5.74) is 2.20. The summed E-state index contributed by atoms with van der Waals surface area (Å²) < 4.78 is 45.9. The smallest absolute Gasteiger partial charge is 0.407 e. The van der Waals surface area contributed by atoms with Crippen molar-refractivity contribution < 1.29 is 83.2 Å². The molecule has 3 saturated carbocycles. The van der Waals surface area contributed by atoms with Gasteiger partial charge in [-0.25, -0.2) is 9.59 Å². The van der Waals surface area contributed by atoms with E-state index in [0.29, 0.717) is 24.9 Å². The number of allylic oxidation sites excluding steroid dienone is 1. The third-order valence-corrected chi connectivity index (χ3v) is 20.5. The maximum atomic E-state index is 12.9. The molecule has 0 bridgehead atoms. The number of aliphatic hydroxyl groups is 7. The van der Waals surface area contributed by atoms with Crippen LogP contribution in [0.4, 0.5) is 9.59 Å². The number of ether oxygens (including phenoxy) is 8. The van der Waals surface area contributed by atoms with Gasteiger partial charge in [0.1, 0.15) is 67.6 Å². The zero-order valence-electron chi connectivity index (χ0n) is 49.0. The van der Waals surface area contributed by atoms with Crippen molar-refractivity contribution in [1.29, 1.82) is 0 Å². The van der Waals surface area contributed by atoms with Crippen molar-refractivity contribution in [1.82, 2.24) is 10.6 Å². The third kappa shape index (κ3) is 15.6. The van der Waals surface area contributed by atoms with Gasteiger partial charge >= 0.3 is 12.2 Å². The van der Waals surface area contributed by atoms with Crippen molar-refractivity contribution in [3.05, 3.63) is 11.6 Å². The van der Waals surface area contributed by atoms with Crippen molar-refractivity contribution in [3.8, 4) is 0 Å². The van der Waals surface area contributed by atoms with Crippen LogP contribution in [0.25, 0.3) is 0 Å². The number of rotatable bonds is 26. The van der Waals surface area contributed by atoms with E-state index in [9.17, 15) is 45.3 Å². The lowest BCUT2D eigenvalue weighted by atomic mass is 9.47. The number of amides is 2. The number of fused-ring (bicyclic) bond motifs is 5. The van der Waals surface area contributed by atoms with E-state index in [-0.39, 0.29) is 57.3 Å². The van der Waals surface area contributed by atoms with Crippen LogP contribution < -0.4 is 10.6 Å². The number of hydrogen-bond donors (Lipinski definition) is 9. The minimum atomic E-state index is -1.47. The molecule has 3 heterocycles. The SMILES string of the molecule is CC[C@@H]1C(COC(=O)NCCCCCCNC(=O)O[C@H]2CC[C@@]3(C)C(=CCC4C3CC[C@@]3(C)C4CC[C@@H]3[C@H](C)CCCC(C)C)C2)O[C@H](COC[C@@H]2C(C)O[C@H](COCC3O[C@H](COC)C(O)[C@H](O)[C@@H]3O)C(O)[C@@H]2O)C(O)[C@@H]1O. The van der Waals surface area contributed by atoms with Crippen LogP contribution >= 0.6 is 0 Å². The molecule has 0 aromatic carbocycles. The van der Waals surface area contributed by atoms with Crippen LogP contribution in [0.3, 0.4) is 0 Å². The molecule has 7 aliphatic rings. The molecule has 0 spiro atoms. The monoisotopic (exact) mass is 1120 g/mol. The van der Waals surface area contributed by atoms with Crippen LogP contribution in [-0.4, -0.2) is 193 Å². The standard InChI is InChI=1S/C60H104N2O17/c1-9-39-45(78-48(53(66)50(39)63)31-73-28-41-36(5)76-47(52(65)51(41)64)30-74-32-49-55(68)56(69)54(67)46(79-49)29-72-8)33-75-57(70)61-25-12-10-11-13-26-62-58(71)77-38-21-23-59(6)37(27-38)17-18-40-43-20-19-42(35(4)16-14-15-34(2)3)60(43,7)24-22-44(40)59/h17,34-36,38-56,63-69H,9-16,18-33H2,1-8H3,(H,61,70)(H,62,71)/t35-,36?,38+,39-,40?,41-,42-,43?,44?,45?,46-,47-,48-,49?,50-,51-,52?,53?,54?,55-,56+,59+,60-/m1/s1. The minimum Gasteiger partial charge on any atom is -0.447 e. The number of aliphatic hydroxyl groups excluding tert-OH is 7. The van der Waals surface area contributed by atoms with Gasteiger partial charge in [0.25, 0.3) is 0 Å². The van der Waals surface area contributed by atoms with Crippen LogP contribution in [0.5, 0.6) is 0 Å². The van der Waals surface area contributed by atoms with Gasteiger partial charge in [0.15, 0.2) is 0 Å². The molecule has 79 heavy (non-hydrogen) atoms. The lowest BCUT2D eigenvalue weighted by molar-refractivity contribution is -0.250. The molecule has 3 aliphatic heterocycles. The van der Waals surface area contributed by atoms with E-state index >= 15 is 0 Å². The van der Waals surface area contributed by atoms with Gasteiger partial charge in [-0.3, -0.25) is 0 Å². The van der Waals surface area contributed by atoms with Crippen molar-refractivity contribution in [2.75, 3.05) is 59.8 Å². The van der Waals surface area contributed by atoms with Gasteiger partial charge in [0.2, 0.25) is 0 Å². The third-order valence-electron chi connectivity index (χ3n) is 20.5. The first-order chi connectivity index (χ1) is 37.7. The molecule has 19 heteroatoms. The Kier molecular flexibility index (Phi) is 24.0. The van der Waals surface area contributed by atoms with Crippen LogP contribution in [0.2, 0.25) is 0 Å². The van der Waals surface area contributed by atoms with Gasteiger partial charge in [0, 0.05) is 38.5 Å². The number of carbonyl (C=O) groups is 2. The summed E-state index contributed by atoms with van der Waals surface area (Å²) >= 11 is 0. The second-order valence-corrected chi connectivity index (χ2v) is 25.9. The maximum absolute atomic E-state index is 12.9. The lowest BCUT2D eigenvalue weighted by Gasteiger charge is -2.58. The van der Waals surface area contributed by atoms with Crippen molar-refractivity contribution in [2.45, 2.75) is 237 Å². The fraction of sp³-hybridized carbons (Fsp3) is 0.933. The average Bonchev–Trinajstić information content (AvgIpc) is 4.04. The van der Waals surface area contributed by atoms with Crippen LogP contribution in [0.15, 0.2) is 11.6 Å². The Morgan fingerprint density at radius 3 is 1.89 bits per heavy atom. The molecule has 9 N–H and O–H groups in total. The first-order valence-corrected chi connectivity index (χ1v) is 30.6. The van der Waals surface area contributed by atoms with Crippen LogP contribution in [-0.2, 0) is 37.9 Å². The molecule has 9 unspecified atom stereocenters. The number of hydrogen-bond acceptors (Lipinski definition) is 17. The molecule has 23 atom stereocenters. The predicted octanol–water partition coefficient (Wildman–Crippen LogP) is 5.58. The summed E-state index contributed by atoms with van der Waals surface area (Å²) in [5, 5.41) is 80.6. The molecule has 456 valence electrons. The zero-order chi connectivity index (χ0) is 57.2.